The zero-order valence-corrected chi connectivity index (χ0v) is 19.8. The van der Waals surface area contributed by atoms with E-state index in [9.17, 15) is 4.79 Å². The molecule has 1 aliphatic rings. The van der Waals surface area contributed by atoms with Crippen molar-refractivity contribution in [2.45, 2.75) is 31.8 Å². The average Bonchev–Trinajstić information content (AvgIpc) is 2.70. The Labute approximate surface area is 194 Å². The Morgan fingerprint density at radius 1 is 1.24 bits per heavy atom. The number of halogens is 2. The van der Waals surface area contributed by atoms with Gasteiger partial charge in [0.1, 0.15) is 0 Å². The van der Waals surface area contributed by atoms with Crippen molar-refractivity contribution in [1.82, 2.24) is 20.5 Å². The predicted molar refractivity (Wildman–Crippen MR) is 128 cm³/mol. The summed E-state index contributed by atoms with van der Waals surface area (Å²) >= 11 is 5.89. The van der Waals surface area contributed by atoms with Crippen molar-refractivity contribution in [1.29, 1.82) is 0 Å². The fourth-order valence-electron chi connectivity index (χ4n) is 3.14. The second-order valence-electron chi connectivity index (χ2n) is 7.13. The van der Waals surface area contributed by atoms with Crippen LogP contribution in [-0.4, -0.2) is 48.4 Å². The van der Waals surface area contributed by atoms with Gasteiger partial charge in [0.05, 0.1) is 23.8 Å². The van der Waals surface area contributed by atoms with E-state index in [1.54, 1.807) is 31.3 Å². The molecule has 0 fully saturated rings. The number of likely N-dealkylation sites (N-methyl/N-ethyl adjacent to an activating group) is 1. The highest BCUT2D eigenvalue weighted by Crippen LogP contribution is 2.21. The molecule has 0 bridgehead atoms. The van der Waals surface area contributed by atoms with E-state index in [-0.39, 0.29) is 42.5 Å². The van der Waals surface area contributed by atoms with Crippen LogP contribution in [-0.2, 0) is 24.2 Å². The smallest absolute Gasteiger partial charge is 0.241 e. The summed E-state index contributed by atoms with van der Waals surface area (Å²) < 4.78 is 0. The number of carbonyl (C=O) groups is 1. The minimum Gasteiger partial charge on any atom is -0.353 e. The standard InChI is InChI=1S/C21H26ClN5O.HI/c1-27(2)20(28)14-25-21(24-13-19-10-8-17(22)12-23-19)26-18-9-7-15-5-3-4-6-16(15)11-18;/h3-6,8,10,12,18H,7,9,11,13-14H2,1-2H3,(H2,24,25,26);1H. The number of nitrogens with zero attached hydrogens (tertiary/aromatic N) is 3. The summed E-state index contributed by atoms with van der Waals surface area (Å²) in [5.41, 5.74) is 3.60. The highest BCUT2D eigenvalue weighted by atomic mass is 127. The number of nitrogens with one attached hydrogen (secondary N) is 2. The lowest BCUT2D eigenvalue weighted by molar-refractivity contribution is -0.127. The van der Waals surface area contributed by atoms with Gasteiger partial charge in [0, 0.05) is 26.3 Å². The minimum atomic E-state index is -0.00638. The number of guanidine groups is 1. The Hall–Kier alpha value is -1.87. The van der Waals surface area contributed by atoms with Crippen molar-refractivity contribution in [3.8, 4) is 0 Å². The monoisotopic (exact) mass is 527 g/mol. The molecular formula is C21H27ClIN5O. The number of fused-ring (bicyclic) bond motifs is 1. The maximum atomic E-state index is 12.0. The highest BCUT2D eigenvalue weighted by Gasteiger charge is 2.19. The van der Waals surface area contributed by atoms with Gasteiger partial charge in [-0.05, 0) is 42.5 Å². The van der Waals surface area contributed by atoms with Gasteiger partial charge in [-0.15, -0.1) is 24.0 Å². The van der Waals surface area contributed by atoms with Crippen molar-refractivity contribution in [3.63, 3.8) is 0 Å². The molecule has 0 aliphatic heterocycles. The highest BCUT2D eigenvalue weighted by molar-refractivity contribution is 14.0. The van der Waals surface area contributed by atoms with Crippen LogP contribution < -0.4 is 10.6 Å². The number of aliphatic imine (C=N–C) groups is 1. The van der Waals surface area contributed by atoms with E-state index >= 15 is 0 Å². The van der Waals surface area contributed by atoms with E-state index in [1.165, 1.54) is 11.1 Å². The van der Waals surface area contributed by atoms with Crippen LogP contribution in [0.3, 0.4) is 0 Å². The van der Waals surface area contributed by atoms with E-state index < -0.39 is 0 Å². The molecule has 29 heavy (non-hydrogen) atoms. The first kappa shape index (κ1) is 23.4. The van der Waals surface area contributed by atoms with Gasteiger partial charge in [0.25, 0.3) is 0 Å². The summed E-state index contributed by atoms with van der Waals surface area (Å²) in [6.07, 6.45) is 4.62. The molecule has 1 unspecified atom stereocenters. The maximum absolute atomic E-state index is 12.0. The molecule has 0 radical (unpaired) electrons. The zero-order valence-electron chi connectivity index (χ0n) is 16.7. The Morgan fingerprint density at radius 2 is 2.00 bits per heavy atom. The van der Waals surface area contributed by atoms with Crippen LogP contribution in [0.2, 0.25) is 5.02 Å². The lowest BCUT2D eigenvalue weighted by Gasteiger charge is -2.27. The van der Waals surface area contributed by atoms with Crippen molar-refractivity contribution in [2.24, 2.45) is 4.99 Å². The number of carbonyl (C=O) groups excluding carboxylic acids is 1. The third-order valence-electron chi connectivity index (χ3n) is 4.78. The lowest BCUT2D eigenvalue weighted by atomic mass is 9.88. The van der Waals surface area contributed by atoms with Gasteiger partial charge in [0.2, 0.25) is 5.91 Å². The number of rotatable bonds is 5. The zero-order chi connectivity index (χ0) is 19.9. The third kappa shape index (κ3) is 7.15. The summed E-state index contributed by atoms with van der Waals surface area (Å²) in [6, 6.07) is 12.5. The van der Waals surface area contributed by atoms with Gasteiger partial charge in [0.15, 0.2) is 5.96 Å². The SMILES string of the molecule is CN(C)C(=O)CNC(=NCc1ccc(Cl)cn1)NC1CCc2ccccc2C1.I. The summed E-state index contributed by atoms with van der Waals surface area (Å²) in [4.78, 5) is 22.4. The lowest BCUT2D eigenvalue weighted by Crippen LogP contribution is -2.48. The van der Waals surface area contributed by atoms with Crippen molar-refractivity contribution in [2.75, 3.05) is 20.6 Å². The van der Waals surface area contributed by atoms with Crippen LogP contribution in [0.25, 0.3) is 0 Å². The third-order valence-corrected chi connectivity index (χ3v) is 5.00. The quantitative estimate of drug-likeness (QED) is 0.356. The molecule has 1 aromatic heterocycles. The summed E-state index contributed by atoms with van der Waals surface area (Å²) in [5, 5.41) is 7.23. The first-order valence-electron chi connectivity index (χ1n) is 9.43. The van der Waals surface area contributed by atoms with Gasteiger partial charge in [-0.1, -0.05) is 35.9 Å². The largest absolute Gasteiger partial charge is 0.353 e. The molecule has 1 heterocycles. The van der Waals surface area contributed by atoms with Gasteiger partial charge in [-0.3, -0.25) is 9.78 Å². The number of amides is 1. The van der Waals surface area contributed by atoms with Crippen LogP contribution in [0.15, 0.2) is 47.6 Å². The molecule has 1 atom stereocenters. The second-order valence-corrected chi connectivity index (χ2v) is 7.56. The molecule has 8 heteroatoms. The van der Waals surface area contributed by atoms with E-state index in [2.05, 4.69) is 44.9 Å². The number of hydrogen-bond acceptors (Lipinski definition) is 3. The van der Waals surface area contributed by atoms with Crippen LogP contribution in [0, 0.1) is 0 Å². The fraction of sp³-hybridized carbons (Fsp3) is 0.381. The van der Waals surface area contributed by atoms with Gasteiger partial charge < -0.3 is 15.5 Å². The Kier molecular flexibility index (Phi) is 9.16. The average molecular weight is 528 g/mol. The van der Waals surface area contributed by atoms with Crippen molar-refractivity contribution >= 4 is 47.4 Å². The second kappa shape index (κ2) is 11.3. The van der Waals surface area contributed by atoms with Gasteiger partial charge in [-0.2, -0.15) is 0 Å². The number of aryl methyl sites for hydroxylation is 1. The van der Waals surface area contributed by atoms with E-state index in [0.29, 0.717) is 17.5 Å². The normalized spacial score (nSPS) is 15.7. The van der Waals surface area contributed by atoms with Gasteiger partial charge >= 0.3 is 0 Å². The Balaban J connectivity index is 0.00000300. The molecule has 1 aromatic carbocycles. The summed E-state index contributed by atoms with van der Waals surface area (Å²) in [5.74, 6) is 0.615. The minimum absolute atomic E-state index is 0. The molecule has 0 saturated carbocycles. The first-order chi connectivity index (χ1) is 13.5. The molecule has 6 nitrogen and oxygen atoms in total. The van der Waals surface area contributed by atoms with Crippen LogP contribution in [0.4, 0.5) is 0 Å². The topological polar surface area (TPSA) is 69.6 Å². The van der Waals surface area contributed by atoms with Gasteiger partial charge in [-0.25, -0.2) is 4.99 Å². The molecule has 3 rings (SSSR count). The number of hydrogen-bond donors (Lipinski definition) is 2. The number of aromatic nitrogens is 1. The predicted octanol–water partition coefficient (Wildman–Crippen LogP) is 3.03. The van der Waals surface area contributed by atoms with E-state index in [1.807, 2.05) is 6.07 Å². The van der Waals surface area contributed by atoms with E-state index in [4.69, 9.17) is 11.6 Å². The molecule has 0 spiro atoms. The first-order valence-corrected chi connectivity index (χ1v) is 9.81. The van der Waals surface area contributed by atoms with Crippen molar-refractivity contribution in [3.05, 3.63) is 64.4 Å². The van der Waals surface area contributed by atoms with Crippen LogP contribution in [0.5, 0.6) is 0 Å². The fourth-order valence-corrected chi connectivity index (χ4v) is 3.26. The molecule has 2 aromatic rings. The summed E-state index contributed by atoms with van der Waals surface area (Å²) in [7, 11) is 3.48. The van der Waals surface area contributed by atoms with Crippen LogP contribution >= 0.6 is 35.6 Å². The maximum Gasteiger partial charge on any atom is 0.241 e. The molecule has 156 valence electrons. The Morgan fingerprint density at radius 3 is 2.69 bits per heavy atom. The molecule has 1 aliphatic carbocycles. The molecular weight excluding hydrogens is 501 g/mol. The molecule has 1 amide bonds. The van der Waals surface area contributed by atoms with Crippen LogP contribution in [0.1, 0.15) is 23.2 Å². The molecule has 2 N–H and O–H groups in total. The number of pyridine rings is 1. The Bertz CT molecular complexity index is 841. The molecule has 0 saturated heterocycles. The van der Waals surface area contributed by atoms with E-state index in [0.717, 1.165) is 25.0 Å². The summed E-state index contributed by atoms with van der Waals surface area (Å²) in [6.45, 7) is 0.599. The number of benzene rings is 1. The van der Waals surface area contributed by atoms with Crippen molar-refractivity contribution < 1.29 is 4.79 Å².